The average molecular weight is 406 g/mol. The number of ether oxygens (including phenoxy) is 1. The Balaban J connectivity index is 0.00000312. The molecule has 2 unspecified atom stereocenters. The predicted octanol–water partition coefficient (Wildman–Crippen LogP) is 3.71. The number of anilines is 1. The van der Waals surface area contributed by atoms with Crippen molar-refractivity contribution in [2.45, 2.75) is 45.6 Å². The van der Waals surface area contributed by atoms with Crippen molar-refractivity contribution in [3.8, 4) is 5.75 Å². The SMILES string of the molecule is CCN(CC)CCOc1ccc(NC(=O)C2CCCC(N)C2)cc1.Cl.Cl. The van der Waals surface area contributed by atoms with Gasteiger partial charge in [-0.2, -0.15) is 0 Å². The van der Waals surface area contributed by atoms with Gasteiger partial charge in [0.2, 0.25) is 5.91 Å². The summed E-state index contributed by atoms with van der Waals surface area (Å²) < 4.78 is 5.76. The van der Waals surface area contributed by atoms with E-state index >= 15 is 0 Å². The van der Waals surface area contributed by atoms with Crippen molar-refractivity contribution in [1.82, 2.24) is 4.90 Å². The van der Waals surface area contributed by atoms with Crippen molar-refractivity contribution in [2.75, 3.05) is 31.6 Å². The van der Waals surface area contributed by atoms with E-state index < -0.39 is 0 Å². The van der Waals surface area contributed by atoms with E-state index in [1.165, 1.54) is 0 Å². The maximum atomic E-state index is 12.3. The van der Waals surface area contributed by atoms with Gasteiger partial charge in [-0.25, -0.2) is 0 Å². The van der Waals surface area contributed by atoms with Crippen molar-refractivity contribution in [3.05, 3.63) is 24.3 Å². The third kappa shape index (κ3) is 8.12. The van der Waals surface area contributed by atoms with Crippen LogP contribution >= 0.6 is 24.8 Å². The number of hydrogen-bond acceptors (Lipinski definition) is 4. The van der Waals surface area contributed by atoms with Gasteiger partial charge in [-0.3, -0.25) is 4.79 Å². The van der Waals surface area contributed by atoms with Crippen LogP contribution in [-0.4, -0.2) is 43.1 Å². The summed E-state index contributed by atoms with van der Waals surface area (Å²) in [5.41, 5.74) is 6.78. The first-order valence-corrected chi connectivity index (χ1v) is 9.14. The topological polar surface area (TPSA) is 67.6 Å². The van der Waals surface area contributed by atoms with Gasteiger partial charge in [-0.15, -0.1) is 24.8 Å². The Hall–Kier alpha value is -1.01. The van der Waals surface area contributed by atoms with Gasteiger partial charge in [0.1, 0.15) is 12.4 Å². The van der Waals surface area contributed by atoms with Crippen LogP contribution in [0.1, 0.15) is 39.5 Å². The molecule has 0 saturated heterocycles. The van der Waals surface area contributed by atoms with Gasteiger partial charge >= 0.3 is 0 Å². The highest BCUT2D eigenvalue weighted by atomic mass is 35.5. The van der Waals surface area contributed by atoms with Crippen LogP contribution in [0, 0.1) is 5.92 Å². The summed E-state index contributed by atoms with van der Waals surface area (Å²) in [4.78, 5) is 14.6. The molecule has 7 heteroatoms. The summed E-state index contributed by atoms with van der Waals surface area (Å²) in [6.07, 6.45) is 3.80. The van der Waals surface area contributed by atoms with Crippen molar-refractivity contribution in [1.29, 1.82) is 0 Å². The molecule has 1 aliphatic rings. The number of amides is 1. The standard InChI is InChI=1S/C19H31N3O2.2ClH/c1-3-22(4-2)12-13-24-18-10-8-17(9-11-18)21-19(23)15-6-5-7-16(20)14-15;;/h8-11,15-16H,3-7,12-14,20H2,1-2H3,(H,21,23);2*1H. The minimum atomic E-state index is 0. The van der Waals surface area contributed by atoms with E-state index in [1.54, 1.807) is 0 Å². The second kappa shape index (κ2) is 13.2. The molecule has 1 aliphatic carbocycles. The number of nitrogens with one attached hydrogen (secondary N) is 1. The van der Waals surface area contributed by atoms with Gasteiger partial charge in [0.05, 0.1) is 0 Å². The molecule has 0 aliphatic heterocycles. The molecule has 26 heavy (non-hydrogen) atoms. The van der Waals surface area contributed by atoms with Crippen LogP contribution < -0.4 is 15.8 Å². The molecular formula is C19H33Cl2N3O2. The first-order chi connectivity index (χ1) is 11.6. The van der Waals surface area contributed by atoms with Gasteiger partial charge in [0.15, 0.2) is 0 Å². The zero-order valence-corrected chi connectivity index (χ0v) is 17.4. The normalized spacial score (nSPS) is 19.2. The summed E-state index contributed by atoms with van der Waals surface area (Å²) in [6.45, 7) is 7.98. The van der Waals surface area contributed by atoms with Crippen molar-refractivity contribution >= 4 is 36.4 Å². The number of carbonyl (C=O) groups is 1. The lowest BCUT2D eigenvalue weighted by Gasteiger charge is -2.25. The fourth-order valence-corrected chi connectivity index (χ4v) is 3.18. The number of nitrogens with zero attached hydrogens (tertiary/aromatic N) is 1. The van der Waals surface area contributed by atoms with Crippen LogP contribution in [0.15, 0.2) is 24.3 Å². The molecule has 2 atom stereocenters. The first-order valence-electron chi connectivity index (χ1n) is 9.14. The third-order valence-electron chi connectivity index (χ3n) is 4.78. The van der Waals surface area contributed by atoms with Gasteiger partial charge in [-0.1, -0.05) is 20.3 Å². The molecule has 150 valence electrons. The van der Waals surface area contributed by atoms with Gasteiger partial charge in [0, 0.05) is 24.2 Å². The molecule has 0 radical (unpaired) electrons. The molecule has 0 aromatic heterocycles. The van der Waals surface area contributed by atoms with Crippen molar-refractivity contribution in [2.24, 2.45) is 11.7 Å². The molecule has 1 amide bonds. The molecule has 3 N–H and O–H groups in total. The van der Waals surface area contributed by atoms with E-state index in [0.717, 1.165) is 56.8 Å². The molecule has 1 saturated carbocycles. The van der Waals surface area contributed by atoms with Crippen LogP contribution in [0.2, 0.25) is 0 Å². The molecule has 0 bridgehead atoms. The van der Waals surface area contributed by atoms with Gasteiger partial charge < -0.3 is 20.7 Å². The zero-order chi connectivity index (χ0) is 17.4. The van der Waals surface area contributed by atoms with Gasteiger partial charge in [0.25, 0.3) is 0 Å². The Morgan fingerprint density at radius 2 is 1.85 bits per heavy atom. The largest absolute Gasteiger partial charge is 0.492 e. The number of benzene rings is 1. The number of hydrogen-bond donors (Lipinski definition) is 2. The first kappa shape index (κ1) is 25.0. The van der Waals surface area contributed by atoms with E-state index in [4.69, 9.17) is 10.5 Å². The van der Waals surface area contributed by atoms with E-state index in [-0.39, 0.29) is 42.7 Å². The molecule has 5 nitrogen and oxygen atoms in total. The lowest BCUT2D eigenvalue weighted by atomic mass is 9.85. The number of likely N-dealkylation sites (N-methyl/N-ethyl adjacent to an activating group) is 1. The maximum absolute atomic E-state index is 12.3. The quantitative estimate of drug-likeness (QED) is 0.691. The monoisotopic (exact) mass is 405 g/mol. The second-order valence-corrected chi connectivity index (χ2v) is 6.51. The summed E-state index contributed by atoms with van der Waals surface area (Å²) >= 11 is 0. The van der Waals surface area contributed by atoms with Gasteiger partial charge in [-0.05, 0) is 56.6 Å². The van der Waals surface area contributed by atoms with Crippen LogP contribution in [0.25, 0.3) is 0 Å². The summed E-state index contributed by atoms with van der Waals surface area (Å²) in [6, 6.07) is 7.77. The Bertz CT molecular complexity index is 510. The highest BCUT2D eigenvalue weighted by molar-refractivity contribution is 5.92. The molecular weight excluding hydrogens is 373 g/mol. The third-order valence-corrected chi connectivity index (χ3v) is 4.78. The number of carbonyl (C=O) groups excluding carboxylic acids is 1. The number of halogens is 2. The summed E-state index contributed by atoms with van der Waals surface area (Å²) in [5, 5.41) is 2.99. The van der Waals surface area contributed by atoms with Crippen LogP contribution in [-0.2, 0) is 4.79 Å². The fraction of sp³-hybridized carbons (Fsp3) is 0.632. The highest BCUT2D eigenvalue weighted by Crippen LogP contribution is 2.25. The molecule has 1 aromatic carbocycles. The zero-order valence-electron chi connectivity index (χ0n) is 15.8. The lowest BCUT2D eigenvalue weighted by molar-refractivity contribution is -0.120. The van der Waals surface area contributed by atoms with E-state index in [2.05, 4.69) is 24.1 Å². The predicted molar refractivity (Wildman–Crippen MR) is 113 cm³/mol. The summed E-state index contributed by atoms with van der Waals surface area (Å²) in [5.74, 6) is 0.957. The number of rotatable bonds is 8. The number of nitrogens with two attached hydrogens (primary N) is 1. The van der Waals surface area contributed by atoms with Crippen molar-refractivity contribution in [3.63, 3.8) is 0 Å². The van der Waals surface area contributed by atoms with Crippen LogP contribution in [0.3, 0.4) is 0 Å². The molecule has 0 heterocycles. The van der Waals surface area contributed by atoms with Crippen LogP contribution in [0.5, 0.6) is 5.75 Å². The Morgan fingerprint density at radius 1 is 1.19 bits per heavy atom. The minimum absolute atomic E-state index is 0. The average Bonchev–Trinajstić information content (AvgIpc) is 2.60. The minimum Gasteiger partial charge on any atom is -0.492 e. The Labute approximate surface area is 169 Å². The highest BCUT2D eigenvalue weighted by Gasteiger charge is 2.25. The lowest BCUT2D eigenvalue weighted by Crippen LogP contribution is -2.34. The van der Waals surface area contributed by atoms with Crippen LogP contribution in [0.4, 0.5) is 5.69 Å². The molecule has 1 aromatic rings. The fourth-order valence-electron chi connectivity index (χ4n) is 3.18. The van der Waals surface area contributed by atoms with E-state index in [0.29, 0.717) is 6.61 Å². The molecule has 0 spiro atoms. The van der Waals surface area contributed by atoms with E-state index in [9.17, 15) is 4.79 Å². The summed E-state index contributed by atoms with van der Waals surface area (Å²) in [7, 11) is 0. The Kier molecular flexibility index (Phi) is 12.7. The molecule has 1 fully saturated rings. The smallest absolute Gasteiger partial charge is 0.227 e. The van der Waals surface area contributed by atoms with E-state index in [1.807, 2.05) is 24.3 Å². The second-order valence-electron chi connectivity index (χ2n) is 6.51. The maximum Gasteiger partial charge on any atom is 0.227 e. The Morgan fingerprint density at radius 3 is 2.42 bits per heavy atom. The van der Waals surface area contributed by atoms with Crippen molar-refractivity contribution < 1.29 is 9.53 Å². The molecule has 2 rings (SSSR count).